The number of hydrogen-bond donors (Lipinski definition) is 0. The molecule has 0 aliphatic carbocycles. The van der Waals surface area contributed by atoms with Crippen molar-refractivity contribution in [1.29, 1.82) is 0 Å². The van der Waals surface area contributed by atoms with E-state index in [-0.39, 0.29) is 5.78 Å². The van der Waals surface area contributed by atoms with E-state index in [4.69, 9.17) is 13.3 Å². The topological polar surface area (TPSA) is 56.5 Å². The van der Waals surface area contributed by atoms with Crippen LogP contribution in [0.1, 0.15) is 60.1 Å². The fourth-order valence-corrected chi connectivity index (χ4v) is 1.97. The standard InChI is InChI=1S/C7H8O2.2C7H10O/c1-5-3-4-7(9-5)6(2)8;2*1-3-7-5-4-6(2)8-7/h3-4H,1-2H3;2*4-5H,3H2,1-2H3. The predicted molar refractivity (Wildman–Crippen MR) is 99.1 cm³/mol. The van der Waals surface area contributed by atoms with Crippen molar-refractivity contribution in [3.63, 3.8) is 0 Å². The number of carbonyl (C=O) groups excluding carboxylic acids is 1. The van der Waals surface area contributed by atoms with Gasteiger partial charge in [-0.05, 0) is 57.2 Å². The summed E-state index contributed by atoms with van der Waals surface area (Å²) in [5.41, 5.74) is 0. The van der Waals surface area contributed by atoms with Crippen molar-refractivity contribution in [3.8, 4) is 0 Å². The van der Waals surface area contributed by atoms with Crippen LogP contribution in [0.5, 0.6) is 0 Å². The Morgan fingerprint density at radius 1 is 0.720 bits per heavy atom. The lowest BCUT2D eigenvalue weighted by Crippen LogP contribution is -1.85. The van der Waals surface area contributed by atoms with Gasteiger partial charge in [0.15, 0.2) is 11.5 Å². The van der Waals surface area contributed by atoms with Gasteiger partial charge in [0.05, 0.1) is 0 Å². The Bertz CT molecular complexity index is 718. The molecule has 25 heavy (non-hydrogen) atoms. The van der Waals surface area contributed by atoms with Crippen molar-refractivity contribution in [2.75, 3.05) is 0 Å². The molecule has 0 unspecified atom stereocenters. The second kappa shape index (κ2) is 10.4. The third kappa shape index (κ3) is 7.75. The van der Waals surface area contributed by atoms with E-state index >= 15 is 0 Å². The lowest BCUT2D eigenvalue weighted by molar-refractivity contribution is 0.0986. The van der Waals surface area contributed by atoms with Crippen LogP contribution in [-0.4, -0.2) is 5.78 Å². The summed E-state index contributed by atoms with van der Waals surface area (Å²) in [6.45, 7) is 11.4. The van der Waals surface area contributed by atoms with E-state index in [1.54, 1.807) is 12.1 Å². The molecule has 0 saturated carbocycles. The molecular formula is C21H28O4. The van der Waals surface area contributed by atoms with Crippen molar-refractivity contribution >= 4 is 5.78 Å². The zero-order chi connectivity index (χ0) is 18.8. The molecule has 4 heteroatoms. The third-order valence-electron chi connectivity index (χ3n) is 3.38. The smallest absolute Gasteiger partial charge is 0.194 e. The number of ketones is 1. The average molecular weight is 344 g/mol. The first-order valence-electron chi connectivity index (χ1n) is 8.53. The molecule has 0 aliphatic heterocycles. The van der Waals surface area contributed by atoms with E-state index in [1.807, 2.05) is 45.0 Å². The van der Waals surface area contributed by atoms with Gasteiger partial charge in [-0.3, -0.25) is 4.79 Å². The second-order valence-corrected chi connectivity index (χ2v) is 5.70. The Morgan fingerprint density at radius 2 is 1.12 bits per heavy atom. The van der Waals surface area contributed by atoms with E-state index in [1.165, 1.54) is 6.92 Å². The number of rotatable bonds is 3. The highest BCUT2D eigenvalue weighted by atomic mass is 16.3. The predicted octanol–water partition coefficient (Wildman–Crippen LogP) is 6.09. The number of aryl methyl sites for hydroxylation is 5. The molecule has 0 saturated heterocycles. The Hall–Kier alpha value is -2.49. The molecule has 0 N–H and O–H groups in total. The van der Waals surface area contributed by atoms with Gasteiger partial charge in [-0.25, -0.2) is 0 Å². The summed E-state index contributed by atoms with van der Waals surface area (Å²) in [7, 11) is 0. The van der Waals surface area contributed by atoms with Gasteiger partial charge >= 0.3 is 0 Å². The summed E-state index contributed by atoms with van der Waals surface area (Å²) in [5.74, 6) is 5.34. The third-order valence-corrected chi connectivity index (χ3v) is 3.38. The SMILES string of the molecule is CC(=O)c1ccc(C)o1.CCc1ccc(C)o1.CCc1ccc(C)o1. The Balaban J connectivity index is 0.000000188. The second-order valence-electron chi connectivity index (χ2n) is 5.70. The van der Waals surface area contributed by atoms with Crippen LogP contribution in [0.3, 0.4) is 0 Å². The normalized spacial score (nSPS) is 9.68. The molecule has 0 aliphatic rings. The van der Waals surface area contributed by atoms with Crippen LogP contribution in [0.25, 0.3) is 0 Å². The van der Waals surface area contributed by atoms with Gasteiger partial charge in [-0.2, -0.15) is 0 Å². The molecule has 0 spiro atoms. The summed E-state index contributed by atoms with van der Waals surface area (Å²) >= 11 is 0. The highest BCUT2D eigenvalue weighted by molar-refractivity contribution is 5.91. The summed E-state index contributed by atoms with van der Waals surface area (Å²) in [6.07, 6.45) is 1.99. The molecule has 136 valence electrons. The van der Waals surface area contributed by atoms with E-state index < -0.39 is 0 Å². The van der Waals surface area contributed by atoms with Gasteiger partial charge in [-0.15, -0.1) is 0 Å². The maximum Gasteiger partial charge on any atom is 0.194 e. The molecule has 0 fully saturated rings. The molecule has 0 amide bonds. The highest BCUT2D eigenvalue weighted by Crippen LogP contribution is 2.06. The summed E-state index contributed by atoms with van der Waals surface area (Å²) in [6, 6.07) is 11.4. The molecule has 0 radical (unpaired) electrons. The van der Waals surface area contributed by atoms with Crippen molar-refractivity contribution in [1.82, 2.24) is 0 Å². The van der Waals surface area contributed by atoms with Crippen molar-refractivity contribution in [3.05, 3.63) is 71.0 Å². The molecule has 3 rings (SSSR count). The van der Waals surface area contributed by atoms with Crippen LogP contribution < -0.4 is 0 Å². The van der Waals surface area contributed by atoms with Crippen LogP contribution in [-0.2, 0) is 12.8 Å². The van der Waals surface area contributed by atoms with Gasteiger partial charge in [0, 0.05) is 19.8 Å². The van der Waals surface area contributed by atoms with Crippen molar-refractivity contribution in [2.24, 2.45) is 0 Å². The van der Waals surface area contributed by atoms with Gasteiger partial charge < -0.3 is 13.3 Å². The number of Topliss-reactive ketones (excluding diaryl/α,β-unsaturated/α-hetero) is 1. The lowest BCUT2D eigenvalue weighted by Gasteiger charge is -1.83. The van der Waals surface area contributed by atoms with Gasteiger partial charge in [0.2, 0.25) is 0 Å². The summed E-state index contributed by atoms with van der Waals surface area (Å²) in [5, 5.41) is 0. The number of furan rings is 3. The first-order chi connectivity index (χ1) is 11.8. The maximum atomic E-state index is 10.6. The first-order valence-corrected chi connectivity index (χ1v) is 8.53. The highest BCUT2D eigenvalue weighted by Gasteiger charge is 2.01. The molecule has 3 heterocycles. The van der Waals surface area contributed by atoms with Crippen LogP contribution in [0.15, 0.2) is 49.6 Å². The monoisotopic (exact) mass is 344 g/mol. The van der Waals surface area contributed by atoms with Crippen LogP contribution >= 0.6 is 0 Å². The number of hydrogen-bond acceptors (Lipinski definition) is 4. The molecule has 0 bridgehead atoms. The molecular weight excluding hydrogens is 316 g/mol. The minimum atomic E-state index is -0.0249. The van der Waals surface area contributed by atoms with Crippen LogP contribution in [0, 0.1) is 20.8 Å². The van der Waals surface area contributed by atoms with E-state index in [0.717, 1.165) is 41.6 Å². The van der Waals surface area contributed by atoms with Crippen LogP contribution in [0.2, 0.25) is 0 Å². The summed E-state index contributed by atoms with van der Waals surface area (Å²) in [4.78, 5) is 10.6. The minimum Gasteiger partial charge on any atom is -0.466 e. The van der Waals surface area contributed by atoms with E-state index in [9.17, 15) is 4.79 Å². The van der Waals surface area contributed by atoms with E-state index in [0.29, 0.717) is 5.76 Å². The van der Waals surface area contributed by atoms with Crippen LogP contribution in [0.4, 0.5) is 0 Å². The van der Waals surface area contributed by atoms with E-state index in [2.05, 4.69) is 13.8 Å². The zero-order valence-corrected chi connectivity index (χ0v) is 16.0. The lowest BCUT2D eigenvalue weighted by atomic mass is 10.3. The molecule has 0 aromatic carbocycles. The van der Waals surface area contributed by atoms with Crippen molar-refractivity contribution < 1.29 is 18.0 Å². The fraction of sp³-hybridized carbons (Fsp3) is 0.381. The number of carbonyl (C=O) groups is 1. The molecule has 3 aromatic heterocycles. The maximum absolute atomic E-state index is 10.6. The average Bonchev–Trinajstić information content (AvgIpc) is 3.30. The van der Waals surface area contributed by atoms with Crippen molar-refractivity contribution in [2.45, 2.75) is 54.4 Å². The Morgan fingerprint density at radius 3 is 1.28 bits per heavy atom. The molecule has 0 atom stereocenters. The molecule has 3 aromatic rings. The Kier molecular flexibility index (Phi) is 8.54. The van der Waals surface area contributed by atoms with Gasteiger partial charge in [0.25, 0.3) is 0 Å². The summed E-state index contributed by atoms with van der Waals surface area (Å²) < 4.78 is 15.5. The minimum absolute atomic E-state index is 0.0249. The largest absolute Gasteiger partial charge is 0.466 e. The van der Waals surface area contributed by atoms with Gasteiger partial charge in [0.1, 0.15) is 28.8 Å². The zero-order valence-electron chi connectivity index (χ0n) is 16.0. The quantitative estimate of drug-likeness (QED) is 0.539. The first kappa shape index (κ1) is 20.6. The Labute approximate surface area is 149 Å². The van der Waals surface area contributed by atoms with Gasteiger partial charge in [-0.1, -0.05) is 13.8 Å². The molecule has 4 nitrogen and oxygen atoms in total. The fourth-order valence-electron chi connectivity index (χ4n) is 1.97.